The molecule has 1 aliphatic carbocycles. The van der Waals surface area contributed by atoms with Crippen molar-refractivity contribution in [1.29, 1.82) is 0 Å². The first-order chi connectivity index (χ1) is 7.40. The van der Waals surface area contributed by atoms with E-state index in [0.717, 1.165) is 0 Å². The summed E-state index contributed by atoms with van der Waals surface area (Å²) < 4.78 is 0. The van der Waals surface area contributed by atoms with Crippen molar-refractivity contribution in [1.82, 2.24) is 0 Å². The van der Waals surface area contributed by atoms with Crippen LogP contribution in [0, 0.1) is 0 Å². The minimum Gasteiger partial charge on any atom is -0.0683 e. The Morgan fingerprint density at radius 1 is 1.00 bits per heavy atom. The van der Waals surface area contributed by atoms with Crippen molar-refractivity contribution in [2.45, 2.75) is 59.3 Å². The highest BCUT2D eigenvalue weighted by atomic mass is 14.1. The molecule has 0 saturated carbocycles. The maximum absolute atomic E-state index is 2.43. The minimum atomic E-state index is 1.24. The Kier molecular flexibility index (Phi) is 5.45. The molecule has 0 N–H and O–H groups in total. The molecule has 0 spiro atoms. The van der Waals surface area contributed by atoms with Gasteiger partial charge in [0.15, 0.2) is 0 Å². The summed E-state index contributed by atoms with van der Waals surface area (Å²) in [6, 6.07) is 7.09. The Hall–Kier alpha value is -0.780. The summed E-state index contributed by atoms with van der Waals surface area (Å²) >= 11 is 0. The van der Waals surface area contributed by atoms with Gasteiger partial charge in [0.2, 0.25) is 0 Å². The highest BCUT2D eigenvalue weighted by Crippen LogP contribution is 2.22. The third-order valence-corrected chi connectivity index (χ3v) is 2.95. The van der Waals surface area contributed by atoms with Gasteiger partial charge in [-0.25, -0.2) is 0 Å². The summed E-state index contributed by atoms with van der Waals surface area (Å²) in [6.07, 6.45) is 7.91. The van der Waals surface area contributed by atoms with E-state index in [1.165, 1.54) is 44.1 Å². The number of rotatable bonds is 2. The van der Waals surface area contributed by atoms with Crippen LogP contribution in [0.1, 0.15) is 56.7 Å². The first kappa shape index (κ1) is 12.3. The summed E-state index contributed by atoms with van der Waals surface area (Å²) in [5, 5.41) is 0. The van der Waals surface area contributed by atoms with Crippen molar-refractivity contribution >= 4 is 0 Å². The van der Waals surface area contributed by atoms with Crippen LogP contribution < -0.4 is 0 Å². The van der Waals surface area contributed by atoms with Crippen molar-refractivity contribution in [3.05, 3.63) is 34.9 Å². The normalized spacial score (nSPS) is 13.8. The third kappa shape index (κ3) is 3.37. The molecule has 0 heterocycles. The van der Waals surface area contributed by atoms with Crippen LogP contribution >= 0.6 is 0 Å². The van der Waals surface area contributed by atoms with E-state index in [2.05, 4.69) is 25.1 Å². The highest BCUT2D eigenvalue weighted by Gasteiger charge is 2.08. The zero-order valence-electron chi connectivity index (χ0n) is 10.5. The zero-order chi connectivity index (χ0) is 11.1. The van der Waals surface area contributed by atoms with Gasteiger partial charge >= 0.3 is 0 Å². The van der Waals surface area contributed by atoms with Crippen molar-refractivity contribution in [3.8, 4) is 0 Å². The van der Waals surface area contributed by atoms with Crippen molar-refractivity contribution < 1.29 is 0 Å². The SMILES string of the molecule is CC.CCCc1ccc2c(c1)CCCC2. The lowest BCUT2D eigenvalue weighted by molar-refractivity contribution is 0.684. The van der Waals surface area contributed by atoms with Gasteiger partial charge in [0.25, 0.3) is 0 Å². The Labute approximate surface area is 94.7 Å². The van der Waals surface area contributed by atoms with Gasteiger partial charge in [-0.2, -0.15) is 0 Å². The van der Waals surface area contributed by atoms with Crippen molar-refractivity contribution in [2.75, 3.05) is 0 Å². The van der Waals surface area contributed by atoms with Crippen LogP contribution in [-0.4, -0.2) is 0 Å². The molecule has 0 saturated heterocycles. The van der Waals surface area contributed by atoms with Crippen LogP contribution in [-0.2, 0) is 19.3 Å². The lowest BCUT2D eigenvalue weighted by Crippen LogP contribution is -2.02. The molecule has 0 amide bonds. The molecular weight excluding hydrogens is 180 g/mol. The molecule has 0 aromatic heterocycles. The predicted molar refractivity (Wildman–Crippen MR) is 68.4 cm³/mol. The van der Waals surface area contributed by atoms with E-state index in [-0.39, 0.29) is 0 Å². The molecular formula is C15H24. The van der Waals surface area contributed by atoms with E-state index in [1.54, 1.807) is 11.1 Å². The largest absolute Gasteiger partial charge is 0.0683 e. The van der Waals surface area contributed by atoms with Crippen LogP contribution in [0.3, 0.4) is 0 Å². The average Bonchev–Trinajstić information content (AvgIpc) is 2.32. The summed E-state index contributed by atoms with van der Waals surface area (Å²) in [5.74, 6) is 0. The molecule has 0 heteroatoms. The van der Waals surface area contributed by atoms with Crippen molar-refractivity contribution in [3.63, 3.8) is 0 Å². The lowest BCUT2D eigenvalue weighted by atomic mass is 9.90. The van der Waals surface area contributed by atoms with E-state index in [9.17, 15) is 0 Å². The van der Waals surface area contributed by atoms with Gasteiger partial charge < -0.3 is 0 Å². The number of aryl methyl sites for hydroxylation is 3. The number of fused-ring (bicyclic) bond motifs is 1. The summed E-state index contributed by atoms with van der Waals surface area (Å²) in [7, 11) is 0. The molecule has 84 valence electrons. The molecule has 0 nitrogen and oxygen atoms in total. The van der Waals surface area contributed by atoms with E-state index in [0.29, 0.717) is 0 Å². The van der Waals surface area contributed by atoms with Crippen LogP contribution in [0.15, 0.2) is 18.2 Å². The summed E-state index contributed by atoms with van der Waals surface area (Å²) in [5.41, 5.74) is 4.76. The van der Waals surface area contributed by atoms with Gasteiger partial charge in [-0.05, 0) is 48.8 Å². The van der Waals surface area contributed by atoms with E-state index >= 15 is 0 Å². The number of hydrogen-bond donors (Lipinski definition) is 0. The van der Waals surface area contributed by atoms with E-state index in [4.69, 9.17) is 0 Å². The van der Waals surface area contributed by atoms with Crippen molar-refractivity contribution in [2.24, 2.45) is 0 Å². The molecule has 1 aromatic carbocycles. The van der Waals surface area contributed by atoms with Gasteiger partial charge in [0.1, 0.15) is 0 Å². The molecule has 0 aliphatic heterocycles. The third-order valence-electron chi connectivity index (χ3n) is 2.95. The highest BCUT2D eigenvalue weighted by molar-refractivity contribution is 5.33. The lowest BCUT2D eigenvalue weighted by Gasteiger charge is -2.16. The molecule has 1 aromatic rings. The first-order valence-electron chi connectivity index (χ1n) is 6.51. The fraction of sp³-hybridized carbons (Fsp3) is 0.600. The molecule has 1 aliphatic rings. The molecule has 0 radical (unpaired) electrons. The van der Waals surface area contributed by atoms with Crippen LogP contribution in [0.4, 0.5) is 0 Å². The second kappa shape index (κ2) is 6.66. The smallest absolute Gasteiger partial charge is 0.0276 e. The average molecular weight is 204 g/mol. The second-order valence-corrected chi connectivity index (χ2v) is 4.06. The summed E-state index contributed by atoms with van der Waals surface area (Å²) in [6.45, 7) is 6.25. The second-order valence-electron chi connectivity index (χ2n) is 4.06. The minimum absolute atomic E-state index is 1.24. The number of benzene rings is 1. The first-order valence-corrected chi connectivity index (χ1v) is 6.51. The topological polar surface area (TPSA) is 0 Å². The van der Waals surface area contributed by atoms with E-state index < -0.39 is 0 Å². The molecule has 0 unspecified atom stereocenters. The maximum atomic E-state index is 2.43. The van der Waals surface area contributed by atoms with Crippen LogP contribution in [0.2, 0.25) is 0 Å². The molecule has 0 bridgehead atoms. The van der Waals surface area contributed by atoms with Crippen LogP contribution in [0.25, 0.3) is 0 Å². The van der Waals surface area contributed by atoms with Gasteiger partial charge in [0, 0.05) is 0 Å². The van der Waals surface area contributed by atoms with Gasteiger partial charge in [0.05, 0.1) is 0 Å². The quantitative estimate of drug-likeness (QED) is 0.663. The molecule has 0 atom stereocenters. The Morgan fingerprint density at radius 2 is 1.67 bits per heavy atom. The standard InChI is InChI=1S/C13H18.C2H6/c1-2-5-11-8-9-12-6-3-4-7-13(12)10-11;1-2/h8-10H,2-7H2,1H3;1-2H3. The fourth-order valence-corrected chi connectivity index (χ4v) is 2.23. The van der Waals surface area contributed by atoms with Crippen LogP contribution in [0.5, 0.6) is 0 Å². The molecule has 0 fully saturated rings. The van der Waals surface area contributed by atoms with Gasteiger partial charge in [-0.3, -0.25) is 0 Å². The molecule has 15 heavy (non-hydrogen) atoms. The Balaban J connectivity index is 0.000000531. The van der Waals surface area contributed by atoms with Gasteiger partial charge in [-0.15, -0.1) is 0 Å². The zero-order valence-corrected chi connectivity index (χ0v) is 10.5. The Morgan fingerprint density at radius 3 is 2.33 bits per heavy atom. The maximum Gasteiger partial charge on any atom is -0.0276 e. The fourth-order valence-electron chi connectivity index (χ4n) is 2.23. The summed E-state index contributed by atoms with van der Waals surface area (Å²) in [4.78, 5) is 0. The Bertz CT molecular complexity index is 286. The monoisotopic (exact) mass is 204 g/mol. The van der Waals surface area contributed by atoms with Gasteiger partial charge in [-0.1, -0.05) is 45.4 Å². The van der Waals surface area contributed by atoms with E-state index in [1.807, 2.05) is 13.8 Å². The molecule has 2 rings (SSSR count). The number of hydrogen-bond acceptors (Lipinski definition) is 0. The predicted octanol–water partition coefficient (Wildman–Crippen LogP) is 4.54.